The Morgan fingerprint density at radius 1 is 1.22 bits per heavy atom. The topological polar surface area (TPSA) is 34.6 Å². The van der Waals surface area contributed by atoms with Crippen LogP contribution in [0.5, 0.6) is 0 Å². The normalized spacial score (nSPS) is 29.1. The second kappa shape index (κ2) is 6.88. The fourth-order valence-corrected chi connectivity index (χ4v) is 4.46. The van der Waals surface area contributed by atoms with Crippen molar-refractivity contribution in [2.45, 2.75) is 43.6 Å². The van der Waals surface area contributed by atoms with E-state index in [4.69, 9.17) is 9.47 Å². The summed E-state index contributed by atoms with van der Waals surface area (Å²) in [5.41, 5.74) is 1.47. The van der Waals surface area contributed by atoms with E-state index in [1.807, 2.05) is 18.5 Å². The van der Waals surface area contributed by atoms with E-state index in [0.29, 0.717) is 5.92 Å². The van der Waals surface area contributed by atoms with Crippen LogP contribution in [-0.4, -0.2) is 54.9 Å². The van der Waals surface area contributed by atoms with E-state index in [2.05, 4.69) is 16.0 Å². The highest BCUT2D eigenvalue weighted by Crippen LogP contribution is 2.42. The molecule has 1 aromatic heterocycles. The van der Waals surface area contributed by atoms with E-state index in [1.54, 1.807) is 0 Å². The number of piperidine rings is 1. The van der Waals surface area contributed by atoms with Gasteiger partial charge in [0.15, 0.2) is 0 Å². The number of hydrogen-bond donors (Lipinski definition) is 0. The summed E-state index contributed by atoms with van der Waals surface area (Å²) in [6, 6.07) is 4.23. The lowest BCUT2D eigenvalue weighted by molar-refractivity contribution is -0.0486. The third-order valence-corrected chi connectivity index (χ3v) is 5.99. The largest absolute Gasteiger partial charge is 0.381 e. The average molecular weight is 316 g/mol. The van der Waals surface area contributed by atoms with Crippen LogP contribution in [0.2, 0.25) is 0 Å². The zero-order valence-corrected chi connectivity index (χ0v) is 14.0. The van der Waals surface area contributed by atoms with Crippen LogP contribution >= 0.6 is 0 Å². The molecule has 0 radical (unpaired) electrons. The van der Waals surface area contributed by atoms with Crippen molar-refractivity contribution in [3.8, 4) is 0 Å². The molecule has 0 aromatic carbocycles. The summed E-state index contributed by atoms with van der Waals surface area (Å²) in [6.45, 7) is 6.42. The molecule has 4 heteroatoms. The fourth-order valence-electron chi connectivity index (χ4n) is 4.46. The van der Waals surface area contributed by atoms with Crippen molar-refractivity contribution in [3.05, 3.63) is 30.1 Å². The highest BCUT2D eigenvalue weighted by atomic mass is 16.5. The molecule has 3 aliphatic heterocycles. The monoisotopic (exact) mass is 316 g/mol. The quantitative estimate of drug-likeness (QED) is 0.859. The Hall–Kier alpha value is -0.970. The summed E-state index contributed by atoms with van der Waals surface area (Å²) in [4.78, 5) is 6.92. The van der Waals surface area contributed by atoms with Gasteiger partial charge < -0.3 is 14.4 Å². The van der Waals surface area contributed by atoms with Gasteiger partial charge in [-0.25, -0.2) is 0 Å². The molecule has 1 spiro atoms. The molecule has 0 unspecified atom stereocenters. The van der Waals surface area contributed by atoms with Gasteiger partial charge >= 0.3 is 0 Å². The van der Waals surface area contributed by atoms with Crippen LogP contribution in [0.4, 0.5) is 0 Å². The summed E-state index contributed by atoms with van der Waals surface area (Å²) in [5.74, 6) is 1.37. The zero-order chi connectivity index (χ0) is 15.5. The Kier molecular flexibility index (Phi) is 4.65. The van der Waals surface area contributed by atoms with E-state index in [-0.39, 0.29) is 5.60 Å². The van der Waals surface area contributed by atoms with Gasteiger partial charge in [0.1, 0.15) is 0 Å². The highest BCUT2D eigenvalue weighted by Gasteiger charge is 2.43. The maximum Gasteiger partial charge on any atom is 0.0713 e. The Morgan fingerprint density at radius 3 is 2.78 bits per heavy atom. The molecule has 23 heavy (non-hydrogen) atoms. The molecule has 3 aliphatic rings. The van der Waals surface area contributed by atoms with Crippen molar-refractivity contribution in [1.29, 1.82) is 0 Å². The van der Waals surface area contributed by atoms with Gasteiger partial charge in [-0.05, 0) is 49.7 Å². The standard InChI is InChI=1S/C19H28N2O2/c1-2-17(13-20-7-1)18-12-19(23-15-18)5-8-21(9-6-19)14-16-3-10-22-11-4-16/h1-2,7,13,16,18H,3-6,8-12,14-15H2/t18-/m1/s1. The van der Waals surface area contributed by atoms with E-state index < -0.39 is 0 Å². The number of nitrogens with zero attached hydrogens (tertiary/aromatic N) is 2. The first-order chi connectivity index (χ1) is 11.3. The summed E-state index contributed by atoms with van der Waals surface area (Å²) >= 11 is 0. The molecule has 0 amide bonds. The number of pyridine rings is 1. The number of likely N-dealkylation sites (tertiary alicyclic amines) is 1. The Bertz CT molecular complexity index is 493. The van der Waals surface area contributed by atoms with Gasteiger partial charge in [-0.2, -0.15) is 0 Å². The van der Waals surface area contributed by atoms with E-state index in [9.17, 15) is 0 Å². The first kappa shape index (κ1) is 15.6. The van der Waals surface area contributed by atoms with Crippen LogP contribution in [-0.2, 0) is 9.47 Å². The maximum absolute atomic E-state index is 6.31. The van der Waals surface area contributed by atoms with Crippen LogP contribution in [0.25, 0.3) is 0 Å². The lowest BCUT2D eigenvalue weighted by Gasteiger charge is -2.40. The van der Waals surface area contributed by atoms with Crippen molar-refractivity contribution in [3.63, 3.8) is 0 Å². The van der Waals surface area contributed by atoms with Crippen LogP contribution in [0.15, 0.2) is 24.5 Å². The summed E-state index contributed by atoms with van der Waals surface area (Å²) in [7, 11) is 0. The third-order valence-electron chi connectivity index (χ3n) is 5.99. The molecule has 0 bridgehead atoms. The lowest BCUT2D eigenvalue weighted by atomic mass is 9.83. The minimum atomic E-state index is 0.132. The third kappa shape index (κ3) is 3.59. The minimum absolute atomic E-state index is 0.132. The second-order valence-electron chi connectivity index (χ2n) is 7.54. The molecule has 1 atom stereocenters. The van der Waals surface area contributed by atoms with E-state index in [1.165, 1.54) is 57.3 Å². The first-order valence-corrected chi connectivity index (χ1v) is 9.17. The summed E-state index contributed by atoms with van der Waals surface area (Å²) < 4.78 is 11.8. The molecular formula is C19H28N2O2. The van der Waals surface area contributed by atoms with Gasteiger partial charge in [0.05, 0.1) is 12.2 Å². The maximum atomic E-state index is 6.31. The van der Waals surface area contributed by atoms with Crippen LogP contribution < -0.4 is 0 Å². The molecule has 3 saturated heterocycles. The minimum Gasteiger partial charge on any atom is -0.381 e. The van der Waals surface area contributed by atoms with Crippen molar-refractivity contribution in [1.82, 2.24) is 9.88 Å². The molecular weight excluding hydrogens is 288 g/mol. The number of hydrogen-bond acceptors (Lipinski definition) is 4. The highest BCUT2D eigenvalue weighted by molar-refractivity contribution is 5.18. The van der Waals surface area contributed by atoms with Gasteiger partial charge in [0, 0.05) is 51.2 Å². The molecule has 3 fully saturated rings. The van der Waals surface area contributed by atoms with Crippen LogP contribution in [0.3, 0.4) is 0 Å². The zero-order valence-electron chi connectivity index (χ0n) is 14.0. The van der Waals surface area contributed by atoms with Gasteiger partial charge in [-0.3, -0.25) is 4.98 Å². The molecule has 0 N–H and O–H groups in total. The number of ether oxygens (including phenoxy) is 2. The number of aromatic nitrogens is 1. The van der Waals surface area contributed by atoms with Gasteiger partial charge in [-0.1, -0.05) is 6.07 Å². The van der Waals surface area contributed by atoms with Crippen molar-refractivity contribution in [2.24, 2.45) is 5.92 Å². The molecule has 0 saturated carbocycles. The Labute approximate surface area is 139 Å². The van der Waals surface area contributed by atoms with E-state index in [0.717, 1.165) is 25.7 Å². The van der Waals surface area contributed by atoms with Crippen LogP contribution in [0.1, 0.15) is 43.6 Å². The van der Waals surface area contributed by atoms with Gasteiger partial charge in [0.2, 0.25) is 0 Å². The molecule has 4 rings (SSSR count). The van der Waals surface area contributed by atoms with Crippen molar-refractivity contribution in [2.75, 3.05) is 39.5 Å². The molecule has 4 heterocycles. The molecule has 1 aromatic rings. The SMILES string of the molecule is c1cncc([C@H]2COC3(CCN(CC4CCOCC4)CC3)C2)c1. The summed E-state index contributed by atoms with van der Waals surface area (Å²) in [5, 5.41) is 0. The molecule has 4 nitrogen and oxygen atoms in total. The van der Waals surface area contributed by atoms with Crippen molar-refractivity contribution >= 4 is 0 Å². The van der Waals surface area contributed by atoms with E-state index >= 15 is 0 Å². The average Bonchev–Trinajstić information content (AvgIpc) is 3.03. The number of rotatable bonds is 3. The van der Waals surface area contributed by atoms with Gasteiger partial charge in [-0.15, -0.1) is 0 Å². The first-order valence-electron chi connectivity index (χ1n) is 9.17. The smallest absolute Gasteiger partial charge is 0.0713 e. The Balaban J connectivity index is 1.29. The van der Waals surface area contributed by atoms with Crippen molar-refractivity contribution < 1.29 is 9.47 Å². The van der Waals surface area contributed by atoms with Gasteiger partial charge in [0.25, 0.3) is 0 Å². The predicted octanol–water partition coefficient (Wildman–Crippen LogP) is 2.85. The molecule has 0 aliphatic carbocycles. The fraction of sp³-hybridized carbons (Fsp3) is 0.737. The summed E-state index contributed by atoms with van der Waals surface area (Å²) in [6.07, 6.45) is 9.88. The Morgan fingerprint density at radius 2 is 2.04 bits per heavy atom. The molecule has 126 valence electrons. The second-order valence-corrected chi connectivity index (χ2v) is 7.54. The van der Waals surface area contributed by atoms with Crippen LogP contribution in [0, 0.1) is 5.92 Å². The lowest BCUT2D eigenvalue weighted by Crippen LogP contribution is -2.46. The predicted molar refractivity (Wildman–Crippen MR) is 89.5 cm³/mol.